The molecule has 1 heterocycles. The van der Waals surface area contributed by atoms with Gasteiger partial charge in [0.05, 0.1) is 24.6 Å². The van der Waals surface area contributed by atoms with E-state index in [-0.39, 0.29) is 41.6 Å². The Hall–Kier alpha value is -3.48. The topological polar surface area (TPSA) is 84.0 Å². The highest BCUT2D eigenvalue weighted by atomic mass is 16.5. The van der Waals surface area contributed by atoms with Gasteiger partial charge in [-0.05, 0) is 25.8 Å². The molecule has 0 N–H and O–H groups in total. The van der Waals surface area contributed by atoms with Gasteiger partial charge in [-0.1, -0.05) is 48.5 Å². The third kappa shape index (κ3) is 5.41. The van der Waals surface area contributed by atoms with Crippen LogP contribution in [0.1, 0.15) is 46.0 Å². The minimum Gasteiger partial charge on any atom is -0.466 e. The molecule has 2 aromatic carbocycles. The van der Waals surface area contributed by atoms with E-state index in [1.54, 1.807) is 67.4 Å². The highest BCUT2D eigenvalue weighted by Gasteiger charge is 2.29. The number of carbonyl (C=O) groups is 4. The van der Waals surface area contributed by atoms with Crippen molar-refractivity contribution in [1.29, 1.82) is 0 Å². The predicted octanol–water partition coefficient (Wildman–Crippen LogP) is 2.79. The number of esters is 1. The quantitative estimate of drug-likeness (QED) is 0.492. The molecule has 0 atom stereocenters. The molecule has 0 saturated carbocycles. The van der Waals surface area contributed by atoms with Crippen molar-refractivity contribution in [3.8, 4) is 0 Å². The number of carbonyl (C=O) groups excluding carboxylic acids is 4. The number of ketones is 1. The average Bonchev–Trinajstić information content (AvgIpc) is 2.83. The van der Waals surface area contributed by atoms with E-state index < -0.39 is 0 Å². The molecule has 7 heteroatoms. The van der Waals surface area contributed by atoms with Gasteiger partial charge in [-0.2, -0.15) is 0 Å². The van der Waals surface area contributed by atoms with Crippen molar-refractivity contribution in [1.82, 2.24) is 9.80 Å². The normalized spacial score (nSPS) is 14.0. The molecule has 168 valence electrons. The molecular formula is C25H28N2O5. The number of benzene rings is 2. The molecule has 1 aliphatic rings. The molecule has 0 spiro atoms. The van der Waals surface area contributed by atoms with Crippen molar-refractivity contribution in [2.45, 2.75) is 19.8 Å². The Morgan fingerprint density at radius 3 is 2.16 bits per heavy atom. The first-order valence-electron chi connectivity index (χ1n) is 10.8. The molecule has 3 rings (SSSR count). The van der Waals surface area contributed by atoms with E-state index in [2.05, 4.69) is 0 Å². The number of likely N-dealkylation sites (N-methyl/N-ethyl adjacent to an activating group) is 1. The maximum Gasteiger partial charge on any atom is 0.309 e. The monoisotopic (exact) mass is 436 g/mol. The standard InChI is InChI=1S/C25H28N2O5/c1-3-32-25(31)19-13-15-27(16-14-19)22(28)17-26(2)24(30)21-12-8-7-11-20(21)23(29)18-9-5-4-6-10-18/h4-12,19H,3,13-17H2,1-2H3. The van der Waals surface area contributed by atoms with Crippen molar-refractivity contribution < 1.29 is 23.9 Å². The van der Waals surface area contributed by atoms with Crippen LogP contribution in [0, 0.1) is 5.92 Å². The van der Waals surface area contributed by atoms with Gasteiger partial charge in [0, 0.05) is 31.3 Å². The number of amides is 2. The van der Waals surface area contributed by atoms with Crippen LogP contribution in [0.3, 0.4) is 0 Å². The number of likely N-dealkylation sites (tertiary alicyclic amines) is 1. The van der Waals surface area contributed by atoms with Crippen LogP contribution in [0.5, 0.6) is 0 Å². The van der Waals surface area contributed by atoms with Crippen LogP contribution in [0.4, 0.5) is 0 Å². The maximum atomic E-state index is 13.1. The van der Waals surface area contributed by atoms with Crippen LogP contribution in [-0.4, -0.2) is 66.7 Å². The largest absolute Gasteiger partial charge is 0.466 e. The molecule has 0 aromatic heterocycles. The number of piperidine rings is 1. The van der Waals surface area contributed by atoms with E-state index >= 15 is 0 Å². The molecule has 0 aliphatic carbocycles. The molecular weight excluding hydrogens is 408 g/mol. The minimum absolute atomic E-state index is 0.100. The first kappa shape index (κ1) is 23.2. The summed E-state index contributed by atoms with van der Waals surface area (Å²) in [6.45, 7) is 2.92. The van der Waals surface area contributed by atoms with E-state index in [1.807, 2.05) is 6.07 Å². The zero-order valence-corrected chi connectivity index (χ0v) is 18.5. The molecule has 1 aliphatic heterocycles. The predicted molar refractivity (Wildman–Crippen MR) is 119 cm³/mol. The first-order chi connectivity index (χ1) is 15.4. The van der Waals surface area contributed by atoms with Crippen molar-refractivity contribution in [3.05, 3.63) is 71.3 Å². The summed E-state index contributed by atoms with van der Waals surface area (Å²) in [5.74, 6) is -1.22. The zero-order valence-electron chi connectivity index (χ0n) is 18.5. The Balaban J connectivity index is 1.64. The van der Waals surface area contributed by atoms with Gasteiger partial charge >= 0.3 is 5.97 Å². The summed E-state index contributed by atoms with van der Waals surface area (Å²) < 4.78 is 5.06. The highest BCUT2D eigenvalue weighted by Crippen LogP contribution is 2.20. The van der Waals surface area contributed by atoms with Gasteiger partial charge < -0.3 is 14.5 Å². The van der Waals surface area contributed by atoms with Crippen LogP contribution in [-0.2, 0) is 14.3 Å². The Morgan fingerprint density at radius 1 is 0.938 bits per heavy atom. The number of rotatable bonds is 7. The van der Waals surface area contributed by atoms with E-state index in [9.17, 15) is 19.2 Å². The molecule has 1 fully saturated rings. The van der Waals surface area contributed by atoms with Gasteiger partial charge in [0.15, 0.2) is 5.78 Å². The van der Waals surface area contributed by atoms with E-state index in [0.717, 1.165) is 0 Å². The van der Waals surface area contributed by atoms with Crippen molar-refractivity contribution in [2.75, 3.05) is 33.3 Å². The maximum absolute atomic E-state index is 13.1. The third-order valence-electron chi connectivity index (χ3n) is 5.62. The van der Waals surface area contributed by atoms with Crippen LogP contribution in [0.25, 0.3) is 0 Å². The molecule has 1 saturated heterocycles. The fraction of sp³-hybridized carbons (Fsp3) is 0.360. The zero-order chi connectivity index (χ0) is 23.1. The van der Waals surface area contributed by atoms with Gasteiger partial charge in [0.25, 0.3) is 5.91 Å². The van der Waals surface area contributed by atoms with E-state index in [1.165, 1.54) is 4.90 Å². The summed E-state index contributed by atoms with van der Waals surface area (Å²) >= 11 is 0. The summed E-state index contributed by atoms with van der Waals surface area (Å²) in [4.78, 5) is 53.6. The first-order valence-corrected chi connectivity index (χ1v) is 10.8. The van der Waals surface area contributed by atoms with Crippen LogP contribution in [0.2, 0.25) is 0 Å². The Bertz CT molecular complexity index is 981. The van der Waals surface area contributed by atoms with E-state index in [0.29, 0.717) is 43.7 Å². The Kier molecular flexibility index (Phi) is 7.76. The van der Waals surface area contributed by atoms with Crippen LogP contribution < -0.4 is 0 Å². The lowest BCUT2D eigenvalue weighted by molar-refractivity contribution is -0.151. The smallest absolute Gasteiger partial charge is 0.309 e. The van der Waals surface area contributed by atoms with Crippen LogP contribution in [0.15, 0.2) is 54.6 Å². The summed E-state index contributed by atoms with van der Waals surface area (Å²) in [5, 5.41) is 0. The number of hydrogen-bond acceptors (Lipinski definition) is 5. The fourth-order valence-corrected chi connectivity index (χ4v) is 3.82. The molecule has 2 aromatic rings. The molecule has 32 heavy (non-hydrogen) atoms. The minimum atomic E-state index is -0.389. The lowest BCUT2D eigenvalue weighted by Gasteiger charge is -2.32. The fourth-order valence-electron chi connectivity index (χ4n) is 3.82. The molecule has 2 amide bonds. The van der Waals surface area contributed by atoms with Gasteiger partial charge in [0.2, 0.25) is 5.91 Å². The highest BCUT2D eigenvalue weighted by molar-refractivity contribution is 6.15. The third-order valence-corrected chi connectivity index (χ3v) is 5.62. The Labute approximate surface area is 188 Å². The van der Waals surface area contributed by atoms with Crippen molar-refractivity contribution in [3.63, 3.8) is 0 Å². The summed E-state index contributed by atoms with van der Waals surface area (Å²) in [7, 11) is 1.55. The lowest BCUT2D eigenvalue weighted by atomic mass is 9.97. The summed E-state index contributed by atoms with van der Waals surface area (Å²) in [6.07, 6.45) is 1.10. The van der Waals surface area contributed by atoms with Gasteiger partial charge in [-0.3, -0.25) is 19.2 Å². The second-order valence-corrected chi connectivity index (χ2v) is 7.81. The summed E-state index contributed by atoms with van der Waals surface area (Å²) in [6, 6.07) is 15.4. The molecule has 0 bridgehead atoms. The van der Waals surface area contributed by atoms with Crippen molar-refractivity contribution in [2.24, 2.45) is 5.92 Å². The molecule has 0 radical (unpaired) electrons. The number of hydrogen-bond donors (Lipinski definition) is 0. The number of ether oxygens (including phenoxy) is 1. The SMILES string of the molecule is CCOC(=O)C1CCN(C(=O)CN(C)C(=O)c2ccccc2C(=O)c2ccccc2)CC1. The molecule has 7 nitrogen and oxygen atoms in total. The summed E-state index contributed by atoms with van der Waals surface area (Å²) in [5.41, 5.74) is 1.06. The van der Waals surface area contributed by atoms with Gasteiger partial charge in [0.1, 0.15) is 0 Å². The van der Waals surface area contributed by atoms with E-state index in [4.69, 9.17) is 4.74 Å². The van der Waals surface area contributed by atoms with Crippen molar-refractivity contribution >= 4 is 23.6 Å². The van der Waals surface area contributed by atoms with Gasteiger partial charge in [-0.25, -0.2) is 0 Å². The average molecular weight is 437 g/mol. The van der Waals surface area contributed by atoms with Gasteiger partial charge in [-0.15, -0.1) is 0 Å². The second-order valence-electron chi connectivity index (χ2n) is 7.81. The molecule has 0 unspecified atom stereocenters. The Morgan fingerprint density at radius 2 is 1.53 bits per heavy atom. The van der Waals surface area contributed by atoms with Crippen LogP contribution >= 0.6 is 0 Å². The second kappa shape index (κ2) is 10.7. The lowest BCUT2D eigenvalue weighted by Crippen LogP contribution is -2.45. The number of nitrogens with zero attached hydrogens (tertiary/aromatic N) is 2.